The second-order valence-electron chi connectivity index (χ2n) is 6.93. The van der Waals surface area contributed by atoms with Gasteiger partial charge in [-0.1, -0.05) is 42.5 Å². The van der Waals surface area contributed by atoms with Crippen LogP contribution in [0.15, 0.2) is 90.1 Å². The minimum atomic E-state index is -0.269. The van der Waals surface area contributed by atoms with E-state index in [9.17, 15) is 9.59 Å². The van der Waals surface area contributed by atoms with E-state index < -0.39 is 0 Å². The van der Waals surface area contributed by atoms with Crippen molar-refractivity contribution in [2.45, 2.75) is 0 Å². The van der Waals surface area contributed by atoms with Gasteiger partial charge in [0.1, 0.15) is 5.39 Å². The van der Waals surface area contributed by atoms with Crippen LogP contribution in [0.5, 0.6) is 0 Å². The van der Waals surface area contributed by atoms with Crippen LogP contribution in [0, 0.1) is 0 Å². The molecule has 0 radical (unpaired) electrons. The average molecular weight is 440 g/mol. The van der Waals surface area contributed by atoms with Crippen molar-refractivity contribution < 1.29 is 4.79 Å². The smallest absolute Gasteiger partial charge is 0.261 e. The number of fused-ring (bicyclic) bond motifs is 1. The van der Waals surface area contributed by atoms with Gasteiger partial charge in [-0.2, -0.15) is 5.10 Å². The highest BCUT2D eigenvalue weighted by atomic mass is 32.1. The van der Waals surface area contributed by atoms with Crippen molar-refractivity contribution in [3.63, 3.8) is 0 Å². The van der Waals surface area contributed by atoms with E-state index >= 15 is 0 Å². The molecule has 0 unspecified atom stereocenters. The number of hydrogen-bond acceptors (Lipinski definition) is 5. The number of aromatic nitrogens is 4. The minimum absolute atomic E-state index is 0.267. The Hall–Kier alpha value is -4.30. The summed E-state index contributed by atoms with van der Waals surface area (Å²) in [7, 11) is 0. The van der Waals surface area contributed by atoms with Crippen LogP contribution in [0.2, 0.25) is 0 Å². The molecule has 3 heterocycles. The lowest BCUT2D eigenvalue weighted by Crippen LogP contribution is -2.12. The van der Waals surface area contributed by atoms with E-state index in [1.165, 1.54) is 23.3 Å². The van der Waals surface area contributed by atoms with Crippen molar-refractivity contribution in [2.24, 2.45) is 0 Å². The third-order valence-corrected chi connectivity index (χ3v) is 5.94. The summed E-state index contributed by atoms with van der Waals surface area (Å²) in [5.41, 5.74) is 2.47. The Kier molecular flexibility index (Phi) is 5.19. The van der Waals surface area contributed by atoms with E-state index in [-0.39, 0.29) is 11.5 Å². The number of rotatable bonds is 5. The average Bonchev–Trinajstić information content (AvgIpc) is 3.47. The summed E-state index contributed by atoms with van der Waals surface area (Å²) in [6, 6.07) is 21.4. The highest BCUT2D eigenvalue weighted by Crippen LogP contribution is 2.28. The summed E-state index contributed by atoms with van der Waals surface area (Å²) in [6.07, 6.45) is 6.08. The van der Waals surface area contributed by atoms with Crippen molar-refractivity contribution >= 4 is 40.0 Å². The third kappa shape index (κ3) is 3.86. The first-order valence-electron chi connectivity index (χ1n) is 9.84. The monoisotopic (exact) mass is 439 g/mol. The van der Waals surface area contributed by atoms with Crippen molar-refractivity contribution in [3.8, 4) is 16.1 Å². The fourth-order valence-corrected chi connectivity index (χ4v) is 4.24. The molecule has 0 bridgehead atoms. The van der Waals surface area contributed by atoms with Crippen LogP contribution in [0.1, 0.15) is 4.88 Å². The summed E-state index contributed by atoms with van der Waals surface area (Å²) in [5.74, 6) is -0.269. The number of thiophene rings is 1. The fraction of sp³-hybridized carbons (Fsp3) is 0. The topological polar surface area (TPSA) is 92.7 Å². The van der Waals surface area contributed by atoms with Crippen LogP contribution in [0.4, 0.5) is 5.69 Å². The highest BCUT2D eigenvalue weighted by Gasteiger charge is 2.13. The van der Waals surface area contributed by atoms with Gasteiger partial charge in [0.05, 0.1) is 23.9 Å². The minimum Gasteiger partial charge on any atom is -0.321 e. The zero-order chi connectivity index (χ0) is 21.9. The molecule has 0 spiro atoms. The van der Waals surface area contributed by atoms with Gasteiger partial charge in [0.15, 0.2) is 5.65 Å². The van der Waals surface area contributed by atoms with E-state index in [1.54, 1.807) is 29.5 Å². The molecular formula is C24H17N5O2S. The van der Waals surface area contributed by atoms with E-state index in [1.807, 2.05) is 42.5 Å². The molecule has 2 N–H and O–H groups in total. The Morgan fingerprint density at radius 3 is 2.72 bits per heavy atom. The van der Waals surface area contributed by atoms with Gasteiger partial charge in [-0.25, -0.2) is 9.67 Å². The van der Waals surface area contributed by atoms with Gasteiger partial charge in [0, 0.05) is 15.8 Å². The molecule has 5 aromatic rings. The van der Waals surface area contributed by atoms with Crippen LogP contribution in [0.3, 0.4) is 0 Å². The summed E-state index contributed by atoms with van der Waals surface area (Å²) < 4.78 is 1.54. The third-order valence-electron chi connectivity index (χ3n) is 4.85. The number of benzene rings is 2. The van der Waals surface area contributed by atoms with Gasteiger partial charge < -0.3 is 10.3 Å². The maximum absolute atomic E-state index is 12.6. The highest BCUT2D eigenvalue weighted by molar-refractivity contribution is 7.16. The molecule has 3 aromatic heterocycles. The largest absolute Gasteiger partial charge is 0.321 e. The van der Waals surface area contributed by atoms with Gasteiger partial charge in [0.2, 0.25) is 5.91 Å². The van der Waals surface area contributed by atoms with Gasteiger partial charge in [-0.15, -0.1) is 11.3 Å². The van der Waals surface area contributed by atoms with E-state index in [0.29, 0.717) is 22.4 Å². The first-order chi connectivity index (χ1) is 15.7. The number of anilines is 1. The Bertz CT molecular complexity index is 1500. The number of nitrogens with one attached hydrogen (secondary N) is 2. The van der Waals surface area contributed by atoms with Gasteiger partial charge >= 0.3 is 0 Å². The van der Waals surface area contributed by atoms with Crippen molar-refractivity contribution in [2.75, 3.05) is 5.32 Å². The Labute approximate surface area is 186 Å². The molecule has 0 saturated heterocycles. The van der Waals surface area contributed by atoms with Crippen LogP contribution in [-0.2, 0) is 4.79 Å². The summed E-state index contributed by atoms with van der Waals surface area (Å²) in [6.45, 7) is 0. The van der Waals surface area contributed by atoms with E-state index in [2.05, 4.69) is 32.5 Å². The van der Waals surface area contributed by atoms with Crippen molar-refractivity contribution in [1.29, 1.82) is 0 Å². The van der Waals surface area contributed by atoms with Crippen molar-refractivity contribution in [3.05, 3.63) is 101 Å². The van der Waals surface area contributed by atoms with Crippen LogP contribution < -0.4 is 10.9 Å². The predicted molar refractivity (Wildman–Crippen MR) is 127 cm³/mol. The second kappa shape index (κ2) is 8.44. The molecule has 5 rings (SSSR count). The molecule has 32 heavy (non-hydrogen) atoms. The van der Waals surface area contributed by atoms with Crippen molar-refractivity contribution in [1.82, 2.24) is 19.7 Å². The number of nitrogens with zero attached hydrogens (tertiary/aromatic N) is 3. The number of carbonyl (C=O) groups excluding carboxylic acids is 1. The molecule has 0 aliphatic heterocycles. The number of para-hydroxylation sites is 2. The number of H-pyrrole nitrogens is 1. The summed E-state index contributed by atoms with van der Waals surface area (Å²) in [5, 5.41) is 7.55. The molecule has 0 fully saturated rings. The second-order valence-corrected chi connectivity index (χ2v) is 8.05. The van der Waals surface area contributed by atoms with Gasteiger partial charge in [-0.3, -0.25) is 9.59 Å². The first kappa shape index (κ1) is 19.7. The van der Waals surface area contributed by atoms with Gasteiger partial charge in [-0.05, 0) is 35.9 Å². The lowest BCUT2D eigenvalue weighted by molar-refractivity contribution is -0.111. The quantitative estimate of drug-likeness (QED) is 0.395. The number of aromatic amines is 1. The molecule has 2 aromatic carbocycles. The molecule has 0 aliphatic rings. The number of hydrogen-bond donors (Lipinski definition) is 2. The Morgan fingerprint density at radius 2 is 1.84 bits per heavy atom. The first-order valence-corrected chi connectivity index (χ1v) is 10.7. The molecule has 0 atom stereocenters. The lowest BCUT2D eigenvalue weighted by atomic mass is 10.2. The normalized spacial score (nSPS) is 11.2. The SMILES string of the molecule is O=C(/C=C/c1ccc(-c2ccccc2)s1)Nc1ccccc1-n1ncc2c(=O)[nH]cnc21. The predicted octanol–water partition coefficient (Wildman–Crippen LogP) is 4.49. The molecule has 0 aliphatic carbocycles. The maximum Gasteiger partial charge on any atom is 0.261 e. The number of amides is 1. The van der Waals surface area contributed by atoms with E-state index in [0.717, 1.165) is 15.3 Å². The van der Waals surface area contributed by atoms with E-state index in [4.69, 9.17) is 0 Å². The summed E-state index contributed by atoms with van der Waals surface area (Å²) in [4.78, 5) is 33.5. The maximum atomic E-state index is 12.6. The number of carbonyl (C=O) groups is 1. The van der Waals surface area contributed by atoms with Crippen LogP contribution >= 0.6 is 11.3 Å². The van der Waals surface area contributed by atoms with Gasteiger partial charge in [0.25, 0.3) is 5.56 Å². The molecular weight excluding hydrogens is 422 g/mol. The molecule has 0 saturated carbocycles. The van der Waals surface area contributed by atoms with Crippen LogP contribution in [0.25, 0.3) is 33.2 Å². The standard InChI is InChI=1S/C24H17N5O2S/c30-22(13-11-17-10-12-21(32-17)16-6-2-1-3-7-16)28-19-8-4-5-9-20(19)29-23-18(14-27-29)24(31)26-15-25-23/h1-15H,(H,28,30)(H,25,26,31)/b13-11+. The van der Waals surface area contributed by atoms with Crippen LogP contribution in [-0.4, -0.2) is 25.7 Å². The lowest BCUT2D eigenvalue weighted by Gasteiger charge is -2.10. The fourth-order valence-electron chi connectivity index (χ4n) is 3.33. The Morgan fingerprint density at radius 1 is 1.03 bits per heavy atom. The Balaban J connectivity index is 1.37. The zero-order valence-corrected chi connectivity index (χ0v) is 17.5. The molecule has 8 heteroatoms. The molecule has 7 nitrogen and oxygen atoms in total. The zero-order valence-electron chi connectivity index (χ0n) is 16.7. The molecule has 1 amide bonds. The molecule has 156 valence electrons. The summed E-state index contributed by atoms with van der Waals surface area (Å²) >= 11 is 1.62.